The fourth-order valence-corrected chi connectivity index (χ4v) is 2.56. The Morgan fingerprint density at radius 3 is 2.88 bits per heavy atom. The summed E-state index contributed by atoms with van der Waals surface area (Å²) in [6.45, 7) is 0.818. The number of nitrogens with one attached hydrogen (secondary N) is 2. The largest absolute Gasteiger partial charge is 0.340 e. The van der Waals surface area contributed by atoms with Gasteiger partial charge in [0.05, 0.1) is 6.54 Å². The molecule has 4 amide bonds. The van der Waals surface area contributed by atoms with Crippen LogP contribution in [0.4, 0.5) is 4.79 Å². The minimum atomic E-state index is -0.883. The molecule has 2 heterocycles. The van der Waals surface area contributed by atoms with Gasteiger partial charge >= 0.3 is 6.03 Å². The Bertz CT molecular complexity index is 374. The number of imide groups is 1. The van der Waals surface area contributed by atoms with E-state index in [9.17, 15) is 14.4 Å². The molecule has 17 heavy (non-hydrogen) atoms. The average molecular weight is 257 g/mol. The molecule has 2 saturated heterocycles. The second-order valence-corrected chi connectivity index (χ2v) is 5.28. The van der Waals surface area contributed by atoms with Gasteiger partial charge in [0.15, 0.2) is 0 Å². The SMILES string of the molecule is CSCCC(=O)N1CCC2(C1)NC(=O)NC2=O. The van der Waals surface area contributed by atoms with Crippen LogP contribution in [-0.2, 0) is 9.59 Å². The first-order valence-electron chi connectivity index (χ1n) is 5.48. The van der Waals surface area contributed by atoms with Crippen molar-refractivity contribution in [3.63, 3.8) is 0 Å². The van der Waals surface area contributed by atoms with Gasteiger partial charge in [0.25, 0.3) is 5.91 Å². The van der Waals surface area contributed by atoms with Gasteiger partial charge in [-0.15, -0.1) is 0 Å². The minimum Gasteiger partial charge on any atom is -0.340 e. The van der Waals surface area contributed by atoms with Gasteiger partial charge in [0.2, 0.25) is 5.91 Å². The lowest BCUT2D eigenvalue weighted by atomic mass is 10.00. The van der Waals surface area contributed by atoms with Gasteiger partial charge in [-0.05, 0) is 12.7 Å². The van der Waals surface area contributed by atoms with Crippen LogP contribution >= 0.6 is 11.8 Å². The second kappa shape index (κ2) is 4.56. The zero-order chi connectivity index (χ0) is 12.5. The lowest BCUT2D eigenvalue weighted by molar-refractivity contribution is -0.130. The molecule has 0 radical (unpaired) electrons. The Balaban J connectivity index is 1.97. The highest BCUT2D eigenvalue weighted by molar-refractivity contribution is 7.98. The predicted molar refractivity (Wildman–Crippen MR) is 63.6 cm³/mol. The molecule has 0 aromatic rings. The van der Waals surface area contributed by atoms with Crippen molar-refractivity contribution in [1.29, 1.82) is 0 Å². The van der Waals surface area contributed by atoms with E-state index in [-0.39, 0.29) is 18.4 Å². The number of hydrogen-bond acceptors (Lipinski definition) is 4. The zero-order valence-electron chi connectivity index (χ0n) is 9.62. The van der Waals surface area contributed by atoms with Crippen molar-refractivity contribution in [2.75, 3.05) is 25.1 Å². The fourth-order valence-electron chi connectivity index (χ4n) is 2.19. The van der Waals surface area contributed by atoms with E-state index in [4.69, 9.17) is 0 Å². The molecule has 0 aliphatic carbocycles. The molecule has 2 aliphatic heterocycles. The van der Waals surface area contributed by atoms with Crippen LogP contribution in [0.1, 0.15) is 12.8 Å². The Kier molecular flexibility index (Phi) is 3.28. The predicted octanol–water partition coefficient (Wildman–Crippen LogP) is -0.450. The molecule has 2 aliphatic rings. The maximum atomic E-state index is 11.8. The summed E-state index contributed by atoms with van der Waals surface area (Å²) >= 11 is 1.62. The molecule has 0 saturated carbocycles. The first kappa shape index (κ1) is 12.2. The topological polar surface area (TPSA) is 78.5 Å². The van der Waals surface area contributed by atoms with Gasteiger partial charge in [-0.2, -0.15) is 11.8 Å². The molecular formula is C10H15N3O3S. The highest BCUT2D eigenvalue weighted by Crippen LogP contribution is 2.25. The number of urea groups is 1. The molecule has 94 valence electrons. The number of thioether (sulfide) groups is 1. The summed E-state index contributed by atoms with van der Waals surface area (Å²) in [4.78, 5) is 36.2. The maximum absolute atomic E-state index is 11.8. The molecule has 0 aromatic heterocycles. The molecule has 1 unspecified atom stereocenters. The number of hydrogen-bond donors (Lipinski definition) is 2. The Hall–Kier alpha value is -1.24. The van der Waals surface area contributed by atoms with Gasteiger partial charge in [0, 0.05) is 18.7 Å². The van der Waals surface area contributed by atoms with E-state index < -0.39 is 11.6 Å². The summed E-state index contributed by atoms with van der Waals surface area (Å²) < 4.78 is 0. The van der Waals surface area contributed by atoms with Crippen molar-refractivity contribution in [2.45, 2.75) is 18.4 Å². The molecule has 0 bridgehead atoms. The van der Waals surface area contributed by atoms with Gasteiger partial charge < -0.3 is 10.2 Å². The summed E-state index contributed by atoms with van der Waals surface area (Å²) in [7, 11) is 0. The summed E-state index contributed by atoms with van der Waals surface area (Å²) in [5.74, 6) is 0.508. The van der Waals surface area contributed by atoms with Crippen molar-refractivity contribution >= 4 is 29.6 Å². The number of likely N-dealkylation sites (tertiary alicyclic amines) is 1. The monoisotopic (exact) mass is 257 g/mol. The van der Waals surface area contributed by atoms with E-state index in [1.807, 2.05) is 6.26 Å². The minimum absolute atomic E-state index is 0.0465. The lowest BCUT2D eigenvalue weighted by Crippen LogP contribution is -2.49. The molecule has 2 fully saturated rings. The number of amides is 4. The van der Waals surface area contributed by atoms with Crippen LogP contribution < -0.4 is 10.6 Å². The summed E-state index contributed by atoms with van der Waals surface area (Å²) in [5, 5.41) is 4.84. The van der Waals surface area contributed by atoms with Crippen molar-refractivity contribution in [2.24, 2.45) is 0 Å². The lowest BCUT2D eigenvalue weighted by Gasteiger charge is -2.20. The normalized spacial score (nSPS) is 27.5. The number of carbonyl (C=O) groups excluding carboxylic acids is 3. The number of nitrogens with zero attached hydrogens (tertiary/aromatic N) is 1. The molecule has 2 N–H and O–H groups in total. The van der Waals surface area contributed by atoms with Crippen LogP contribution in [0.15, 0.2) is 0 Å². The van der Waals surface area contributed by atoms with Crippen molar-refractivity contribution in [3.8, 4) is 0 Å². The standard InChI is InChI=1S/C10H15N3O3S/c1-17-5-2-7(14)13-4-3-10(6-13)8(15)11-9(16)12-10/h2-6H2,1H3,(H2,11,12,15,16). The number of rotatable bonds is 3. The van der Waals surface area contributed by atoms with E-state index in [0.29, 0.717) is 19.4 Å². The Labute approximate surface area is 103 Å². The van der Waals surface area contributed by atoms with Crippen molar-refractivity contribution in [1.82, 2.24) is 15.5 Å². The quantitative estimate of drug-likeness (QED) is 0.671. The van der Waals surface area contributed by atoms with E-state index in [0.717, 1.165) is 5.75 Å². The highest BCUT2D eigenvalue weighted by atomic mass is 32.2. The Morgan fingerprint density at radius 2 is 2.29 bits per heavy atom. The van der Waals surface area contributed by atoms with E-state index in [2.05, 4.69) is 10.6 Å². The molecule has 7 heteroatoms. The van der Waals surface area contributed by atoms with Crippen LogP contribution in [0.5, 0.6) is 0 Å². The van der Waals surface area contributed by atoms with E-state index >= 15 is 0 Å². The van der Waals surface area contributed by atoms with Crippen molar-refractivity contribution < 1.29 is 14.4 Å². The van der Waals surface area contributed by atoms with Crippen LogP contribution in [0.2, 0.25) is 0 Å². The van der Waals surface area contributed by atoms with Crippen LogP contribution in [0, 0.1) is 0 Å². The third-order valence-electron chi connectivity index (χ3n) is 3.16. The molecule has 0 aromatic carbocycles. The molecule has 2 rings (SSSR count). The summed E-state index contributed by atoms with van der Waals surface area (Å²) in [6.07, 6.45) is 2.92. The van der Waals surface area contributed by atoms with E-state index in [1.54, 1.807) is 16.7 Å². The summed E-state index contributed by atoms with van der Waals surface area (Å²) in [5.41, 5.74) is -0.883. The van der Waals surface area contributed by atoms with Gasteiger partial charge in [-0.1, -0.05) is 0 Å². The smallest absolute Gasteiger partial charge is 0.322 e. The summed E-state index contributed by atoms with van der Waals surface area (Å²) in [6, 6.07) is -0.464. The van der Waals surface area contributed by atoms with Crippen LogP contribution in [0.3, 0.4) is 0 Å². The fraction of sp³-hybridized carbons (Fsp3) is 0.700. The van der Waals surface area contributed by atoms with Gasteiger partial charge in [-0.25, -0.2) is 4.79 Å². The first-order valence-corrected chi connectivity index (χ1v) is 6.87. The molecular weight excluding hydrogens is 242 g/mol. The third kappa shape index (κ3) is 2.24. The molecule has 1 atom stereocenters. The van der Waals surface area contributed by atoms with E-state index in [1.165, 1.54) is 0 Å². The average Bonchev–Trinajstić information content (AvgIpc) is 2.81. The zero-order valence-corrected chi connectivity index (χ0v) is 10.4. The molecule has 6 nitrogen and oxygen atoms in total. The number of carbonyl (C=O) groups is 3. The van der Waals surface area contributed by atoms with Gasteiger partial charge in [0.1, 0.15) is 5.54 Å². The maximum Gasteiger partial charge on any atom is 0.322 e. The molecule has 1 spiro atoms. The van der Waals surface area contributed by atoms with Crippen molar-refractivity contribution in [3.05, 3.63) is 0 Å². The highest BCUT2D eigenvalue weighted by Gasteiger charge is 2.51. The third-order valence-corrected chi connectivity index (χ3v) is 3.77. The second-order valence-electron chi connectivity index (χ2n) is 4.30. The first-order chi connectivity index (χ1) is 8.07. The van der Waals surface area contributed by atoms with Gasteiger partial charge in [-0.3, -0.25) is 14.9 Å². The van der Waals surface area contributed by atoms with Crippen LogP contribution in [0.25, 0.3) is 0 Å². The Morgan fingerprint density at radius 1 is 1.53 bits per heavy atom. The van der Waals surface area contributed by atoms with Crippen LogP contribution in [-0.4, -0.2) is 53.4 Å².